The summed E-state index contributed by atoms with van der Waals surface area (Å²) >= 11 is 0. The van der Waals surface area contributed by atoms with Gasteiger partial charge in [0, 0.05) is 23.9 Å². The lowest BCUT2D eigenvalue weighted by molar-refractivity contribution is -0.659. The smallest absolute Gasteiger partial charge is 0.403 e. The summed E-state index contributed by atoms with van der Waals surface area (Å²) in [7, 11) is 0.139. The van der Waals surface area contributed by atoms with E-state index in [0.717, 1.165) is 25.9 Å². The Balaban J connectivity index is 0.000000501. The van der Waals surface area contributed by atoms with E-state index >= 15 is 0 Å². The van der Waals surface area contributed by atoms with Gasteiger partial charge in [-0.3, -0.25) is 4.18 Å². The quantitative estimate of drug-likeness (QED) is 0.238. The number of hydrogen-bond acceptors (Lipinski definition) is 8. The zero-order valence-electron chi connectivity index (χ0n) is 17.9. The lowest BCUT2D eigenvalue weighted by atomic mass is 10.2. The normalized spacial score (nSPS) is 11.3. The van der Waals surface area contributed by atoms with Crippen LogP contribution in [0, 0.1) is 0 Å². The maximum atomic E-state index is 9.22. The van der Waals surface area contributed by atoms with Crippen molar-refractivity contribution in [1.29, 1.82) is 0 Å². The molecule has 0 fully saturated rings. The first-order valence-electron chi connectivity index (χ1n) is 9.43. The maximum absolute atomic E-state index is 9.22. The van der Waals surface area contributed by atoms with Gasteiger partial charge in [-0.25, -0.2) is 13.0 Å². The van der Waals surface area contributed by atoms with Crippen molar-refractivity contribution in [2.45, 2.75) is 13.5 Å². The second kappa shape index (κ2) is 11.3. The average molecular weight is 447 g/mol. The minimum Gasteiger partial charge on any atom is -0.726 e. The fraction of sp³-hybridized carbons (Fsp3) is 0.300. The van der Waals surface area contributed by atoms with E-state index in [2.05, 4.69) is 67.7 Å². The summed E-state index contributed by atoms with van der Waals surface area (Å²) in [6, 6.07) is 18.6. The highest BCUT2D eigenvalue weighted by molar-refractivity contribution is 7.80. The van der Waals surface area contributed by atoms with Crippen LogP contribution in [0.2, 0.25) is 0 Å². The van der Waals surface area contributed by atoms with E-state index in [9.17, 15) is 13.0 Å². The van der Waals surface area contributed by atoms with Crippen molar-refractivity contribution >= 4 is 27.7 Å². The van der Waals surface area contributed by atoms with Gasteiger partial charge in [-0.1, -0.05) is 35.4 Å². The summed E-state index contributed by atoms with van der Waals surface area (Å²) < 4.78 is 34.5. The minimum atomic E-state index is -4.41. The number of anilines is 1. The Morgan fingerprint density at radius 3 is 2.23 bits per heavy atom. The fourth-order valence-electron chi connectivity index (χ4n) is 2.64. The molecule has 0 atom stereocenters. The molecular weight excluding hydrogens is 420 g/mol. The monoisotopic (exact) mass is 446 g/mol. The highest BCUT2D eigenvalue weighted by Crippen LogP contribution is 2.22. The van der Waals surface area contributed by atoms with Gasteiger partial charge in [-0.2, -0.15) is 0 Å². The number of aryl methyl sites for hydroxylation is 2. The predicted molar refractivity (Wildman–Crippen MR) is 115 cm³/mol. The molecule has 0 aliphatic heterocycles. The molecule has 1 heterocycles. The number of nitrogens with zero attached hydrogens (tertiary/aromatic N) is 6. The van der Waals surface area contributed by atoms with Crippen LogP contribution in [0.25, 0.3) is 0 Å². The van der Waals surface area contributed by atoms with Crippen LogP contribution in [-0.4, -0.2) is 36.4 Å². The Morgan fingerprint density at radius 2 is 1.74 bits per heavy atom. The topological polar surface area (TPSA) is 116 Å². The fourth-order valence-corrected chi connectivity index (χ4v) is 2.64. The zero-order valence-corrected chi connectivity index (χ0v) is 18.7. The molecule has 0 aliphatic carbocycles. The van der Waals surface area contributed by atoms with E-state index in [4.69, 9.17) is 0 Å². The van der Waals surface area contributed by atoms with Gasteiger partial charge in [0.1, 0.15) is 0 Å². The third-order valence-electron chi connectivity index (χ3n) is 4.27. The first-order valence-corrected chi connectivity index (χ1v) is 10.8. The molecule has 0 unspecified atom stereocenters. The standard InChI is InChI=1S/C19H23N6.CH4O4S/c1-4-25(14-16-8-6-5-7-9-16)18-12-10-17(11-13-18)21-22-19-23(2)15-20-24(19)3;1-5-6(2,3)4/h5-13,15H,4,14H2,1-3H3;1H3,(H,2,3,4)/q+1;/p-1. The Labute approximate surface area is 182 Å². The van der Waals surface area contributed by atoms with E-state index < -0.39 is 10.4 Å². The molecule has 0 spiro atoms. The van der Waals surface area contributed by atoms with Gasteiger partial charge in [0.2, 0.25) is 16.7 Å². The minimum absolute atomic E-state index is 0.698. The van der Waals surface area contributed by atoms with Crippen molar-refractivity contribution in [1.82, 2.24) is 9.78 Å². The maximum Gasteiger partial charge on any atom is 0.403 e. The van der Waals surface area contributed by atoms with E-state index in [1.54, 1.807) is 11.0 Å². The van der Waals surface area contributed by atoms with E-state index in [1.165, 1.54) is 11.3 Å². The Morgan fingerprint density at radius 1 is 1.13 bits per heavy atom. The molecule has 166 valence electrons. The Hall–Kier alpha value is -3.15. The van der Waals surface area contributed by atoms with Gasteiger partial charge < -0.3 is 9.45 Å². The summed E-state index contributed by atoms with van der Waals surface area (Å²) in [5, 5.41) is 12.7. The zero-order chi connectivity index (χ0) is 22.9. The van der Waals surface area contributed by atoms with Gasteiger partial charge >= 0.3 is 5.95 Å². The first kappa shape index (κ1) is 24.1. The van der Waals surface area contributed by atoms with Gasteiger partial charge in [0.05, 0.1) is 26.9 Å². The molecule has 2 aromatic carbocycles. The van der Waals surface area contributed by atoms with Crippen molar-refractivity contribution in [3.63, 3.8) is 0 Å². The largest absolute Gasteiger partial charge is 0.726 e. The predicted octanol–water partition coefficient (Wildman–Crippen LogP) is 2.78. The third-order valence-corrected chi connectivity index (χ3v) is 4.68. The molecule has 0 radical (unpaired) electrons. The summed E-state index contributed by atoms with van der Waals surface area (Å²) in [6.07, 6.45) is 1.71. The molecule has 11 heteroatoms. The molecular formula is C20H26N6O4S. The van der Waals surface area contributed by atoms with E-state index in [0.29, 0.717) is 5.95 Å². The van der Waals surface area contributed by atoms with Crippen LogP contribution in [-0.2, 0) is 35.2 Å². The van der Waals surface area contributed by atoms with Gasteiger partial charge in [0.25, 0.3) is 0 Å². The number of benzene rings is 2. The van der Waals surface area contributed by atoms with E-state index in [1.807, 2.05) is 36.9 Å². The molecule has 0 amide bonds. The molecule has 1 aromatic heterocycles. The molecule has 31 heavy (non-hydrogen) atoms. The molecule has 0 saturated heterocycles. The van der Waals surface area contributed by atoms with Crippen molar-refractivity contribution in [2.75, 3.05) is 18.6 Å². The third kappa shape index (κ3) is 7.89. The number of rotatable bonds is 7. The van der Waals surface area contributed by atoms with Gasteiger partial charge in [0.15, 0.2) is 0 Å². The van der Waals surface area contributed by atoms with Crippen LogP contribution < -0.4 is 9.47 Å². The molecule has 3 aromatic rings. The first-order chi connectivity index (χ1) is 14.7. The SMILES string of the molecule is CCN(Cc1ccccc1)c1ccc(N=Nc2n(C)nc[n+]2C)cc1.COS(=O)(=O)[O-]. The molecule has 3 rings (SSSR count). The number of aromatic nitrogens is 3. The van der Waals surface area contributed by atoms with Crippen LogP contribution in [0.15, 0.2) is 71.2 Å². The van der Waals surface area contributed by atoms with Crippen molar-refractivity contribution in [2.24, 2.45) is 24.3 Å². The summed E-state index contributed by atoms with van der Waals surface area (Å²) in [5.41, 5.74) is 3.30. The number of azo groups is 1. The molecule has 0 N–H and O–H groups in total. The summed E-state index contributed by atoms with van der Waals surface area (Å²) in [5.74, 6) is 0.698. The highest BCUT2D eigenvalue weighted by Gasteiger charge is 2.11. The number of hydrogen-bond donors (Lipinski definition) is 0. The van der Waals surface area contributed by atoms with Gasteiger partial charge in [-0.15, -0.1) is 4.68 Å². The lowest BCUT2D eigenvalue weighted by Gasteiger charge is -2.23. The molecule has 0 bridgehead atoms. The van der Waals surface area contributed by atoms with Crippen molar-refractivity contribution < 1.29 is 21.7 Å². The summed E-state index contributed by atoms with van der Waals surface area (Å²) in [4.78, 5) is 2.33. The van der Waals surface area contributed by atoms with Gasteiger partial charge in [-0.05, 0) is 41.9 Å². The molecule has 10 nitrogen and oxygen atoms in total. The second-order valence-corrected chi connectivity index (χ2v) is 7.61. The van der Waals surface area contributed by atoms with Crippen molar-refractivity contribution in [3.8, 4) is 0 Å². The summed E-state index contributed by atoms with van der Waals surface area (Å²) in [6.45, 7) is 4.00. The lowest BCUT2D eigenvalue weighted by Crippen LogP contribution is -2.25. The Kier molecular flexibility index (Phi) is 8.79. The Bertz CT molecular complexity index is 1060. The van der Waals surface area contributed by atoms with Crippen LogP contribution >= 0.6 is 0 Å². The van der Waals surface area contributed by atoms with Crippen molar-refractivity contribution in [3.05, 3.63) is 66.5 Å². The van der Waals surface area contributed by atoms with E-state index in [-0.39, 0.29) is 0 Å². The second-order valence-electron chi connectivity index (χ2n) is 6.46. The van der Waals surface area contributed by atoms with Crippen LogP contribution in [0.1, 0.15) is 12.5 Å². The molecule has 0 aliphatic rings. The van der Waals surface area contributed by atoms with Crippen LogP contribution in [0.4, 0.5) is 17.3 Å². The average Bonchev–Trinajstić information content (AvgIpc) is 3.09. The van der Waals surface area contributed by atoms with Crippen LogP contribution in [0.3, 0.4) is 0 Å². The molecule has 0 saturated carbocycles. The van der Waals surface area contributed by atoms with Crippen LogP contribution in [0.5, 0.6) is 0 Å². The highest BCUT2D eigenvalue weighted by atomic mass is 32.3.